The fourth-order valence-electron chi connectivity index (χ4n) is 4.07. The molecule has 1 aliphatic rings. The third-order valence-corrected chi connectivity index (χ3v) is 6.52. The summed E-state index contributed by atoms with van der Waals surface area (Å²) >= 11 is 0. The van der Waals surface area contributed by atoms with E-state index in [4.69, 9.17) is 9.47 Å². The van der Waals surface area contributed by atoms with Crippen LogP contribution in [0.1, 0.15) is 105 Å². The van der Waals surface area contributed by atoms with Crippen molar-refractivity contribution in [3.8, 4) is 16.9 Å². The summed E-state index contributed by atoms with van der Waals surface area (Å²) in [5.74, 6) is 1.04. The molecule has 0 bridgehead atoms. The highest BCUT2D eigenvalue weighted by Gasteiger charge is 2.31. The highest BCUT2D eigenvalue weighted by Crippen LogP contribution is 2.44. The van der Waals surface area contributed by atoms with Gasteiger partial charge >= 0.3 is 0 Å². The molecule has 0 radical (unpaired) electrons. The Kier molecular flexibility index (Phi) is 6.61. The predicted octanol–water partition coefficient (Wildman–Crippen LogP) is 8.32. The largest absolute Gasteiger partial charge is 0.490 e. The lowest BCUT2D eigenvalue weighted by molar-refractivity contribution is 0.253. The molecule has 1 atom stereocenters. The molecule has 33 heavy (non-hydrogen) atoms. The fraction of sp³-hybridized carbons (Fsp3) is 0.613. The second-order valence-electron chi connectivity index (χ2n) is 14.0. The molecule has 1 heterocycles. The van der Waals surface area contributed by atoms with Crippen LogP contribution in [-0.2, 0) is 26.4 Å². The molecule has 2 heteroatoms. The molecule has 0 N–H and O–H groups in total. The molecule has 2 aromatic rings. The summed E-state index contributed by atoms with van der Waals surface area (Å²) < 4.78 is 11.9. The van der Waals surface area contributed by atoms with E-state index in [0.29, 0.717) is 6.61 Å². The van der Waals surface area contributed by atoms with Crippen LogP contribution in [0.4, 0.5) is 0 Å². The normalized spacial score (nSPS) is 17.3. The van der Waals surface area contributed by atoms with Gasteiger partial charge in [-0.3, -0.25) is 0 Å². The van der Waals surface area contributed by atoms with Crippen LogP contribution >= 0.6 is 0 Å². The molecular formula is C31H46O2. The van der Waals surface area contributed by atoms with Crippen molar-refractivity contribution in [1.29, 1.82) is 0 Å². The van der Waals surface area contributed by atoms with Crippen molar-refractivity contribution in [1.82, 2.24) is 0 Å². The van der Waals surface area contributed by atoms with Gasteiger partial charge in [0.1, 0.15) is 18.5 Å². The lowest BCUT2D eigenvalue weighted by Crippen LogP contribution is -2.21. The number of benzene rings is 2. The number of epoxide rings is 1. The number of rotatable bonds is 4. The van der Waals surface area contributed by atoms with Gasteiger partial charge in [-0.15, -0.1) is 0 Å². The van der Waals surface area contributed by atoms with Crippen LogP contribution < -0.4 is 4.74 Å². The van der Waals surface area contributed by atoms with E-state index in [1.54, 1.807) is 0 Å². The van der Waals surface area contributed by atoms with Crippen LogP contribution in [0.2, 0.25) is 0 Å². The topological polar surface area (TPSA) is 21.8 Å². The maximum atomic E-state index is 6.47. The Morgan fingerprint density at radius 1 is 0.636 bits per heavy atom. The summed E-state index contributed by atoms with van der Waals surface area (Å²) in [6, 6.07) is 11.9. The van der Waals surface area contributed by atoms with Crippen LogP contribution in [0.5, 0.6) is 5.75 Å². The van der Waals surface area contributed by atoms with Crippen LogP contribution in [-0.4, -0.2) is 19.3 Å². The minimum absolute atomic E-state index is 0.0375. The van der Waals surface area contributed by atoms with Crippen LogP contribution in [0.15, 0.2) is 30.3 Å². The maximum Gasteiger partial charge on any atom is 0.126 e. The second kappa shape index (κ2) is 8.45. The Morgan fingerprint density at radius 3 is 1.36 bits per heavy atom. The Hall–Kier alpha value is -1.80. The molecule has 182 valence electrons. The zero-order valence-corrected chi connectivity index (χ0v) is 23.2. The molecule has 0 spiro atoms. The van der Waals surface area contributed by atoms with E-state index in [9.17, 15) is 0 Å². The zero-order valence-electron chi connectivity index (χ0n) is 23.2. The highest BCUT2D eigenvalue weighted by atomic mass is 16.6. The third-order valence-electron chi connectivity index (χ3n) is 6.52. The lowest BCUT2D eigenvalue weighted by atomic mass is 9.76. The summed E-state index contributed by atoms with van der Waals surface area (Å²) in [6.45, 7) is 28.9. The first-order valence-corrected chi connectivity index (χ1v) is 12.5. The minimum Gasteiger partial charge on any atom is -0.490 e. The maximum absolute atomic E-state index is 6.47. The van der Waals surface area contributed by atoms with Crippen LogP contribution in [0, 0.1) is 0 Å². The first kappa shape index (κ1) is 25.8. The Labute approximate surface area is 203 Å². The summed E-state index contributed by atoms with van der Waals surface area (Å²) in [5, 5.41) is 0. The summed E-state index contributed by atoms with van der Waals surface area (Å²) in [6.07, 6.45) is 0.239. The van der Waals surface area contributed by atoms with E-state index in [0.717, 1.165) is 12.4 Å². The van der Waals surface area contributed by atoms with Crippen LogP contribution in [0.3, 0.4) is 0 Å². The van der Waals surface area contributed by atoms with Gasteiger partial charge in [-0.25, -0.2) is 0 Å². The molecule has 0 amide bonds. The Balaban J connectivity index is 2.29. The quantitative estimate of drug-likeness (QED) is 0.437. The molecule has 0 aromatic heterocycles. The molecule has 3 rings (SSSR count). The van der Waals surface area contributed by atoms with Crippen molar-refractivity contribution in [2.24, 2.45) is 0 Å². The first-order valence-electron chi connectivity index (χ1n) is 12.5. The van der Waals surface area contributed by atoms with Gasteiger partial charge in [0.25, 0.3) is 0 Å². The first-order chi connectivity index (χ1) is 14.9. The lowest BCUT2D eigenvalue weighted by Gasteiger charge is -2.31. The molecule has 0 saturated carbocycles. The molecule has 1 fully saturated rings. The van der Waals surface area contributed by atoms with E-state index in [1.165, 1.54) is 33.4 Å². The van der Waals surface area contributed by atoms with Gasteiger partial charge in [0.05, 0.1) is 6.61 Å². The van der Waals surface area contributed by atoms with Gasteiger partial charge < -0.3 is 9.47 Å². The van der Waals surface area contributed by atoms with E-state index in [-0.39, 0.29) is 27.8 Å². The Bertz CT molecular complexity index is 930. The Morgan fingerprint density at radius 2 is 1.03 bits per heavy atom. The van der Waals surface area contributed by atoms with Crippen molar-refractivity contribution in [3.63, 3.8) is 0 Å². The summed E-state index contributed by atoms with van der Waals surface area (Å²) in [4.78, 5) is 0. The number of ether oxygens (including phenoxy) is 2. The molecule has 1 saturated heterocycles. The standard InChI is InChI=1S/C31H46O2/c1-28(2,3)22-13-20(14-23(17-22)29(4,5)6)21-15-25(30(7,8)9)27(33-19-24-18-32-24)26(16-21)31(10,11)12/h13-17,24H,18-19H2,1-12H3. The van der Waals surface area contributed by atoms with Gasteiger partial charge in [0.15, 0.2) is 0 Å². The summed E-state index contributed by atoms with van der Waals surface area (Å²) in [5.41, 5.74) is 7.96. The third kappa shape index (κ3) is 6.21. The fourth-order valence-corrected chi connectivity index (χ4v) is 4.07. The predicted molar refractivity (Wildman–Crippen MR) is 142 cm³/mol. The van der Waals surface area contributed by atoms with Gasteiger partial charge in [-0.2, -0.15) is 0 Å². The van der Waals surface area contributed by atoms with Gasteiger partial charge in [0.2, 0.25) is 0 Å². The van der Waals surface area contributed by atoms with Crippen molar-refractivity contribution < 1.29 is 9.47 Å². The van der Waals surface area contributed by atoms with Gasteiger partial charge in [0, 0.05) is 11.1 Å². The van der Waals surface area contributed by atoms with E-state index >= 15 is 0 Å². The highest BCUT2D eigenvalue weighted by molar-refractivity contribution is 5.71. The minimum atomic E-state index is -0.0375. The molecular weight excluding hydrogens is 404 g/mol. The average molecular weight is 451 g/mol. The second-order valence-corrected chi connectivity index (χ2v) is 14.0. The van der Waals surface area contributed by atoms with Crippen molar-refractivity contribution in [2.45, 2.75) is 111 Å². The van der Waals surface area contributed by atoms with Gasteiger partial charge in [-0.1, -0.05) is 101 Å². The van der Waals surface area contributed by atoms with Crippen molar-refractivity contribution in [2.75, 3.05) is 13.2 Å². The SMILES string of the molecule is CC(C)(C)c1cc(-c2cc(C(C)(C)C)c(OCC3CO3)c(C(C)(C)C)c2)cc(C(C)(C)C)c1. The van der Waals surface area contributed by atoms with E-state index in [1.807, 2.05) is 0 Å². The number of hydrogen-bond acceptors (Lipinski definition) is 2. The molecule has 1 unspecified atom stereocenters. The van der Waals surface area contributed by atoms with Gasteiger partial charge in [-0.05, 0) is 56.0 Å². The number of hydrogen-bond donors (Lipinski definition) is 0. The van der Waals surface area contributed by atoms with Crippen LogP contribution in [0.25, 0.3) is 11.1 Å². The van der Waals surface area contributed by atoms with Crippen molar-refractivity contribution in [3.05, 3.63) is 52.6 Å². The molecule has 1 aliphatic heterocycles. The average Bonchev–Trinajstić information content (AvgIpc) is 3.47. The molecule has 2 nitrogen and oxygen atoms in total. The van der Waals surface area contributed by atoms with E-state index < -0.39 is 0 Å². The zero-order chi connectivity index (χ0) is 25.0. The van der Waals surface area contributed by atoms with Crippen molar-refractivity contribution >= 4 is 0 Å². The monoisotopic (exact) mass is 450 g/mol. The summed E-state index contributed by atoms with van der Waals surface area (Å²) in [7, 11) is 0. The van der Waals surface area contributed by atoms with E-state index in [2.05, 4.69) is 113 Å². The molecule has 0 aliphatic carbocycles. The molecule has 2 aromatic carbocycles. The smallest absolute Gasteiger partial charge is 0.126 e.